The van der Waals surface area contributed by atoms with Gasteiger partial charge in [0.2, 0.25) is 11.7 Å². The number of imidazole rings is 1. The second-order valence-electron chi connectivity index (χ2n) is 9.90. The van der Waals surface area contributed by atoms with Crippen molar-refractivity contribution in [3.63, 3.8) is 0 Å². The fourth-order valence-electron chi connectivity index (χ4n) is 5.40. The number of hydrogen-bond donors (Lipinski definition) is 1. The van der Waals surface area contributed by atoms with Gasteiger partial charge in [-0.1, -0.05) is 6.07 Å². The molecule has 2 unspecified atom stereocenters. The van der Waals surface area contributed by atoms with Gasteiger partial charge >= 0.3 is 0 Å². The standard InChI is InChI=1S/C25H28N6O3/c1-23(2)14-24(9-12-32-23)15-25(29-22(26)30(3)34-25)18-13-17(7-8-20(18)33-24)19-5-4-6-21(28-19)31-11-10-27-16-31/h4-8,10-11,13,16H,9,12,14-15H2,1-3H3,(H2,26,29). The summed E-state index contributed by atoms with van der Waals surface area (Å²) in [5.41, 5.74) is 7.11. The van der Waals surface area contributed by atoms with Gasteiger partial charge in [-0.3, -0.25) is 4.57 Å². The third-order valence-electron chi connectivity index (χ3n) is 6.79. The first kappa shape index (κ1) is 21.1. The molecule has 2 atom stereocenters. The van der Waals surface area contributed by atoms with Gasteiger partial charge < -0.3 is 15.2 Å². The third kappa shape index (κ3) is 3.43. The number of hydroxylamine groups is 2. The van der Waals surface area contributed by atoms with Crippen molar-refractivity contribution in [2.75, 3.05) is 13.7 Å². The normalized spacial score (nSPS) is 27.5. The van der Waals surface area contributed by atoms with E-state index in [4.69, 9.17) is 30.0 Å². The highest BCUT2D eigenvalue weighted by molar-refractivity contribution is 5.79. The maximum absolute atomic E-state index is 6.71. The number of rotatable bonds is 2. The lowest BCUT2D eigenvalue weighted by molar-refractivity contribution is -0.224. The van der Waals surface area contributed by atoms with E-state index in [-0.39, 0.29) is 5.60 Å². The van der Waals surface area contributed by atoms with E-state index in [0.717, 1.165) is 41.2 Å². The number of nitrogens with two attached hydrogens (primary N) is 1. The van der Waals surface area contributed by atoms with E-state index in [1.165, 1.54) is 5.06 Å². The highest BCUT2D eigenvalue weighted by Crippen LogP contribution is 2.54. The predicted octanol–water partition coefficient (Wildman–Crippen LogP) is 3.39. The molecule has 0 amide bonds. The van der Waals surface area contributed by atoms with Gasteiger partial charge in [-0.2, -0.15) is 0 Å². The molecule has 3 aliphatic rings. The summed E-state index contributed by atoms with van der Waals surface area (Å²) in [6.07, 6.45) is 7.39. The van der Waals surface area contributed by atoms with E-state index < -0.39 is 11.3 Å². The molecule has 6 rings (SSSR count). The Bertz CT molecular complexity index is 1270. The van der Waals surface area contributed by atoms with Crippen LogP contribution in [0.5, 0.6) is 5.75 Å². The molecule has 34 heavy (non-hydrogen) atoms. The monoisotopic (exact) mass is 460 g/mol. The summed E-state index contributed by atoms with van der Waals surface area (Å²) >= 11 is 0. The summed E-state index contributed by atoms with van der Waals surface area (Å²) in [7, 11) is 1.78. The van der Waals surface area contributed by atoms with Crippen molar-refractivity contribution in [2.45, 2.75) is 50.0 Å². The van der Waals surface area contributed by atoms with Gasteiger partial charge in [0.25, 0.3) is 0 Å². The molecule has 3 aromatic rings. The number of ether oxygens (including phenoxy) is 2. The van der Waals surface area contributed by atoms with Gasteiger partial charge in [-0.15, -0.1) is 0 Å². The Morgan fingerprint density at radius 3 is 2.74 bits per heavy atom. The van der Waals surface area contributed by atoms with E-state index in [1.807, 2.05) is 41.1 Å². The van der Waals surface area contributed by atoms with Crippen molar-refractivity contribution in [3.8, 4) is 22.8 Å². The van der Waals surface area contributed by atoms with E-state index in [2.05, 4.69) is 24.9 Å². The number of pyridine rings is 1. The number of fused-ring (bicyclic) bond motifs is 2. The SMILES string of the molecule is CN1OC2(CC3(CCOC(C)(C)C3)Oc3ccc(-c4cccc(-n5ccnc5)n4)cc32)N=C1N. The van der Waals surface area contributed by atoms with Crippen LogP contribution in [0.1, 0.15) is 38.7 Å². The Morgan fingerprint density at radius 2 is 2.00 bits per heavy atom. The molecule has 9 nitrogen and oxygen atoms in total. The lowest BCUT2D eigenvalue weighted by Gasteiger charge is -2.50. The average Bonchev–Trinajstić information content (AvgIpc) is 3.42. The van der Waals surface area contributed by atoms with Crippen LogP contribution in [0.15, 0.2) is 60.1 Å². The first-order valence-electron chi connectivity index (χ1n) is 11.5. The zero-order chi connectivity index (χ0) is 23.6. The molecule has 2 aromatic heterocycles. The third-order valence-corrected chi connectivity index (χ3v) is 6.79. The van der Waals surface area contributed by atoms with Crippen molar-refractivity contribution in [3.05, 3.63) is 60.7 Å². The molecule has 2 spiro atoms. The van der Waals surface area contributed by atoms with Crippen molar-refractivity contribution < 1.29 is 14.3 Å². The fourth-order valence-corrected chi connectivity index (χ4v) is 5.40. The topological polar surface area (TPSA) is 100 Å². The first-order chi connectivity index (χ1) is 16.3. The second-order valence-corrected chi connectivity index (χ2v) is 9.90. The lowest BCUT2D eigenvalue weighted by Crippen LogP contribution is -2.55. The Kier molecular flexibility index (Phi) is 4.53. The van der Waals surface area contributed by atoms with Crippen LogP contribution in [-0.2, 0) is 15.3 Å². The van der Waals surface area contributed by atoms with Gasteiger partial charge in [-0.05, 0) is 44.2 Å². The predicted molar refractivity (Wildman–Crippen MR) is 126 cm³/mol. The van der Waals surface area contributed by atoms with Gasteiger partial charge in [0.05, 0.1) is 23.5 Å². The maximum Gasteiger partial charge on any atom is 0.222 e. The van der Waals surface area contributed by atoms with E-state index >= 15 is 0 Å². The fraction of sp³-hybridized carbons (Fsp3) is 0.400. The number of aliphatic imine (C=N–C) groups is 1. The number of hydrogen-bond acceptors (Lipinski definition) is 8. The number of benzene rings is 1. The van der Waals surface area contributed by atoms with Crippen LogP contribution < -0.4 is 10.5 Å². The quantitative estimate of drug-likeness (QED) is 0.626. The highest BCUT2D eigenvalue weighted by Gasteiger charge is 2.57. The number of aromatic nitrogens is 3. The minimum absolute atomic E-state index is 0.297. The summed E-state index contributed by atoms with van der Waals surface area (Å²) in [4.78, 5) is 20.1. The van der Waals surface area contributed by atoms with Gasteiger partial charge in [0.15, 0.2) is 0 Å². The van der Waals surface area contributed by atoms with E-state index in [0.29, 0.717) is 19.0 Å². The largest absolute Gasteiger partial charge is 0.486 e. The average molecular weight is 461 g/mol. The molecule has 0 aliphatic carbocycles. The maximum atomic E-state index is 6.71. The Balaban J connectivity index is 1.45. The van der Waals surface area contributed by atoms with Crippen LogP contribution in [-0.4, -0.2) is 50.4 Å². The molecule has 0 saturated carbocycles. The van der Waals surface area contributed by atoms with Gasteiger partial charge in [0.1, 0.15) is 23.5 Å². The molecular weight excluding hydrogens is 432 g/mol. The Morgan fingerprint density at radius 1 is 1.12 bits per heavy atom. The summed E-state index contributed by atoms with van der Waals surface area (Å²) in [5, 5.41) is 1.54. The molecule has 1 fully saturated rings. The zero-order valence-corrected chi connectivity index (χ0v) is 19.6. The van der Waals surface area contributed by atoms with E-state index in [1.54, 1.807) is 19.6 Å². The molecule has 3 aliphatic heterocycles. The van der Waals surface area contributed by atoms with Crippen molar-refractivity contribution in [1.29, 1.82) is 0 Å². The number of guanidine groups is 1. The molecule has 5 heterocycles. The molecule has 9 heteroatoms. The molecule has 1 aromatic carbocycles. The summed E-state index contributed by atoms with van der Waals surface area (Å²) < 4.78 is 14.6. The summed E-state index contributed by atoms with van der Waals surface area (Å²) in [6, 6.07) is 12.0. The molecule has 0 bridgehead atoms. The second kappa shape index (κ2) is 7.28. The molecule has 0 radical (unpaired) electrons. The minimum atomic E-state index is -0.961. The molecule has 1 saturated heterocycles. The minimum Gasteiger partial charge on any atom is -0.486 e. The first-order valence-corrected chi connectivity index (χ1v) is 11.5. The van der Waals surface area contributed by atoms with E-state index in [9.17, 15) is 0 Å². The van der Waals surface area contributed by atoms with Crippen LogP contribution in [0.4, 0.5) is 0 Å². The summed E-state index contributed by atoms with van der Waals surface area (Å²) in [6.45, 7) is 4.82. The van der Waals surface area contributed by atoms with Crippen molar-refractivity contribution in [2.24, 2.45) is 10.7 Å². The van der Waals surface area contributed by atoms with Gasteiger partial charge in [0, 0.05) is 44.3 Å². The number of nitrogens with zero attached hydrogens (tertiary/aromatic N) is 5. The Labute approximate surface area is 198 Å². The summed E-state index contributed by atoms with van der Waals surface area (Å²) in [5.74, 6) is 1.89. The highest BCUT2D eigenvalue weighted by atomic mass is 16.7. The lowest BCUT2D eigenvalue weighted by atomic mass is 9.75. The van der Waals surface area contributed by atoms with Gasteiger partial charge in [-0.25, -0.2) is 24.9 Å². The molecule has 2 N–H and O–H groups in total. The van der Waals surface area contributed by atoms with Crippen molar-refractivity contribution >= 4 is 5.96 Å². The van der Waals surface area contributed by atoms with Crippen molar-refractivity contribution in [1.82, 2.24) is 19.6 Å². The van der Waals surface area contributed by atoms with Crippen LogP contribution in [0.25, 0.3) is 17.1 Å². The van der Waals surface area contributed by atoms with Crippen LogP contribution in [0.2, 0.25) is 0 Å². The smallest absolute Gasteiger partial charge is 0.222 e. The van der Waals surface area contributed by atoms with Crippen LogP contribution in [0, 0.1) is 0 Å². The van der Waals surface area contributed by atoms with Crippen LogP contribution >= 0.6 is 0 Å². The van der Waals surface area contributed by atoms with Crippen LogP contribution in [0.3, 0.4) is 0 Å². The molecule has 176 valence electrons. The Hall–Kier alpha value is -3.43. The zero-order valence-electron chi connectivity index (χ0n) is 19.6. The molecular formula is C25H28N6O3.